The van der Waals surface area contributed by atoms with Gasteiger partial charge < -0.3 is 14.7 Å². The highest BCUT2D eigenvalue weighted by Crippen LogP contribution is 2.23. The van der Waals surface area contributed by atoms with Crippen LogP contribution in [0.4, 0.5) is 0 Å². The summed E-state index contributed by atoms with van der Waals surface area (Å²) in [7, 11) is 1.52. The van der Waals surface area contributed by atoms with Gasteiger partial charge in [-0.2, -0.15) is 5.10 Å². The molecule has 1 aromatic carbocycles. The zero-order valence-electron chi connectivity index (χ0n) is 13.5. The smallest absolute Gasteiger partial charge is 0.326 e. The number of rotatable bonds is 4. The molecule has 24 heavy (non-hydrogen) atoms. The fourth-order valence-corrected chi connectivity index (χ4v) is 2.98. The lowest BCUT2D eigenvalue weighted by atomic mass is 10.2. The molecule has 7 nitrogen and oxygen atoms in total. The summed E-state index contributed by atoms with van der Waals surface area (Å²) in [5.41, 5.74) is 2.27. The molecule has 1 saturated heterocycles. The second-order valence-electron chi connectivity index (χ2n) is 5.87. The predicted molar refractivity (Wildman–Crippen MR) is 86.2 cm³/mol. The molecule has 2 aromatic rings. The number of hydrogen-bond acceptors (Lipinski definition) is 4. The first-order valence-electron chi connectivity index (χ1n) is 7.68. The third-order valence-corrected chi connectivity index (χ3v) is 4.33. The van der Waals surface area contributed by atoms with Gasteiger partial charge in [0, 0.05) is 26.3 Å². The summed E-state index contributed by atoms with van der Waals surface area (Å²) in [6.07, 6.45) is 3.13. The lowest BCUT2D eigenvalue weighted by Crippen LogP contribution is -2.40. The van der Waals surface area contributed by atoms with Crippen LogP contribution in [0.15, 0.2) is 36.7 Å². The molecule has 0 bridgehead atoms. The third-order valence-electron chi connectivity index (χ3n) is 4.33. The number of carbonyl (C=O) groups excluding carboxylic acids is 1. The van der Waals surface area contributed by atoms with Crippen molar-refractivity contribution in [1.82, 2.24) is 14.7 Å². The van der Waals surface area contributed by atoms with Gasteiger partial charge in [0.05, 0.1) is 23.6 Å². The summed E-state index contributed by atoms with van der Waals surface area (Å²) in [6.45, 7) is 2.23. The van der Waals surface area contributed by atoms with E-state index in [2.05, 4.69) is 5.10 Å². The molecule has 1 aliphatic heterocycles. The Labute approximate surface area is 139 Å². The zero-order chi connectivity index (χ0) is 17.3. The molecule has 7 heteroatoms. The van der Waals surface area contributed by atoms with E-state index in [1.165, 1.54) is 18.2 Å². The average molecular weight is 329 g/mol. The first kappa shape index (κ1) is 16.2. The van der Waals surface area contributed by atoms with E-state index in [-0.39, 0.29) is 18.6 Å². The van der Waals surface area contributed by atoms with Gasteiger partial charge in [-0.05, 0) is 18.6 Å². The number of nitrogens with zero attached hydrogens (tertiary/aromatic N) is 3. The minimum Gasteiger partial charge on any atom is -0.480 e. The number of carbonyl (C=O) groups is 2. The Kier molecular flexibility index (Phi) is 4.35. The van der Waals surface area contributed by atoms with E-state index in [9.17, 15) is 14.7 Å². The Morgan fingerprint density at radius 2 is 2.08 bits per heavy atom. The SMILES string of the molecule is COC1CC(C(=O)O)N(C(=O)c2cnn(-c3ccccc3C)c2)C1. The minimum atomic E-state index is -1.02. The highest BCUT2D eigenvalue weighted by molar-refractivity contribution is 5.96. The van der Waals surface area contributed by atoms with Crippen molar-refractivity contribution in [3.8, 4) is 5.69 Å². The second-order valence-corrected chi connectivity index (χ2v) is 5.87. The van der Waals surface area contributed by atoms with E-state index in [1.807, 2.05) is 31.2 Å². The lowest BCUT2D eigenvalue weighted by Gasteiger charge is -2.20. The van der Waals surface area contributed by atoms with Crippen LogP contribution < -0.4 is 0 Å². The number of amides is 1. The van der Waals surface area contributed by atoms with Gasteiger partial charge in [0.1, 0.15) is 6.04 Å². The van der Waals surface area contributed by atoms with E-state index in [4.69, 9.17) is 4.74 Å². The van der Waals surface area contributed by atoms with Crippen LogP contribution in [0.25, 0.3) is 5.69 Å². The summed E-state index contributed by atoms with van der Waals surface area (Å²) < 4.78 is 6.85. The molecule has 3 rings (SSSR count). The van der Waals surface area contributed by atoms with E-state index >= 15 is 0 Å². The van der Waals surface area contributed by atoms with Crippen molar-refractivity contribution in [2.24, 2.45) is 0 Å². The number of carboxylic acid groups (broad SMARTS) is 1. The van der Waals surface area contributed by atoms with Gasteiger partial charge in [0.25, 0.3) is 5.91 Å². The Hall–Kier alpha value is -2.67. The number of likely N-dealkylation sites (tertiary alicyclic amines) is 1. The Balaban J connectivity index is 1.86. The Morgan fingerprint density at radius 1 is 1.33 bits per heavy atom. The van der Waals surface area contributed by atoms with Crippen LogP contribution in [0.2, 0.25) is 0 Å². The molecule has 1 N–H and O–H groups in total. The number of aryl methyl sites for hydroxylation is 1. The van der Waals surface area contributed by atoms with E-state index in [1.54, 1.807) is 10.9 Å². The third kappa shape index (κ3) is 2.90. The van der Waals surface area contributed by atoms with Crippen molar-refractivity contribution in [2.45, 2.75) is 25.5 Å². The molecule has 2 heterocycles. The first-order valence-corrected chi connectivity index (χ1v) is 7.68. The number of para-hydroxylation sites is 1. The molecular formula is C17H19N3O4. The maximum Gasteiger partial charge on any atom is 0.326 e. The van der Waals surface area contributed by atoms with E-state index in [0.29, 0.717) is 12.0 Å². The average Bonchev–Trinajstić information content (AvgIpc) is 3.22. The number of methoxy groups -OCH3 is 1. The molecule has 0 saturated carbocycles. The van der Waals surface area contributed by atoms with Crippen molar-refractivity contribution >= 4 is 11.9 Å². The molecule has 1 fully saturated rings. The number of hydrogen-bond donors (Lipinski definition) is 1. The van der Waals surface area contributed by atoms with Crippen LogP contribution in [0.3, 0.4) is 0 Å². The molecule has 1 amide bonds. The van der Waals surface area contributed by atoms with Gasteiger partial charge in [0.15, 0.2) is 0 Å². The Morgan fingerprint density at radius 3 is 2.75 bits per heavy atom. The van der Waals surface area contributed by atoms with Crippen LogP contribution in [0.5, 0.6) is 0 Å². The normalized spacial score (nSPS) is 20.3. The zero-order valence-corrected chi connectivity index (χ0v) is 13.5. The standard InChI is InChI=1S/C17H19N3O4/c1-11-5-3-4-6-14(11)20-9-12(8-18-20)16(21)19-10-13(24-2)7-15(19)17(22)23/h3-6,8-9,13,15H,7,10H2,1-2H3,(H,22,23). The van der Waals surface area contributed by atoms with Gasteiger partial charge in [-0.3, -0.25) is 4.79 Å². The van der Waals surface area contributed by atoms with Crippen LogP contribution >= 0.6 is 0 Å². The van der Waals surface area contributed by atoms with Crippen LogP contribution in [-0.2, 0) is 9.53 Å². The second kappa shape index (κ2) is 6.45. The number of benzene rings is 1. The molecule has 126 valence electrons. The predicted octanol–water partition coefficient (Wildman–Crippen LogP) is 1.49. The van der Waals surface area contributed by atoms with E-state index < -0.39 is 12.0 Å². The number of carboxylic acids is 1. The van der Waals surface area contributed by atoms with Gasteiger partial charge in [0.2, 0.25) is 0 Å². The van der Waals surface area contributed by atoms with Crippen LogP contribution in [0, 0.1) is 6.92 Å². The number of ether oxygens (including phenoxy) is 1. The van der Waals surface area contributed by atoms with Crippen molar-refractivity contribution < 1.29 is 19.4 Å². The summed E-state index contributed by atoms with van der Waals surface area (Å²) in [5, 5.41) is 13.6. The molecule has 2 unspecified atom stereocenters. The van der Waals surface area contributed by atoms with Crippen molar-refractivity contribution in [3.05, 3.63) is 47.8 Å². The van der Waals surface area contributed by atoms with Crippen molar-refractivity contribution in [2.75, 3.05) is 13.7 Å². The van der Waals surface area contributed by atoms with Crippen molar-refractivity contribution in [1.29, 1.82) is 0 Å². The summed E-state index contributed by atoms with van der Waals surface area (Å²) in [4.78, 5) is 25.5. The molecule has 1 aliphatic rings. The topological polar surface area (TPSA) is 84.7 Å². The van der Waals surface area contributed by atoms with Crippen LogP contribution in [0.1, 0.15) is 22.3 Å². The molecule has 1 aromatic heterocycles. The molecule has 0 radical (unpaired) electrons. The maximum absolute atomic E-state index is 12.7. The van der Waals surface area contributed by atoms with Gasteiger partial charge in [-0.1, -0.05) is 18.2 Å². The maximum atomic E-state index is 12.7. The van der Waals surface area contributed by atoms with Gasteiger partial charge in [-0.15, -0.1) is 0 Å². The van der Waals surface area contributed by atoms with Crippen LogP contribution in [-0.4, -0.2) is 57.5 Å². The number of aliphatic carboxylic acids is 1. The number of aromatic nitrogens is 2. The van der Waals surface area contributed by atoms with Crippen molar-refractivity contribution in [3.63, 3.8) is 0 Å². The highest BCUT2D eigenvalue weighted by Gasteiger charge is 2.40. The molecule has 0 spiro atoms. The fourth-order valence-electron chi connectivity index (χ4n) is 2.98. The summed E-state index contributed by atoms with van der Waals surface area (Å²) in [6, 6.07) is 6.83. The highest BCUT2D eigenvalue weighted by atomic mass is 16.5. The lowest BCUT2D eigenvalue weighted by molar-refractivity contribution is -0.141. The fraction of sp³-hybridized carbons (Fsp3) is 0.353. The van der Waals surface area contributed by atoms with Gasteiger partial charge in [-0.25, -0.2) is 9.48 Å². The summed E-state index contributed by atoms with van der Waals surface area (Å²) in [5.74, 6) is -1.36. The first-order chi connectivity index (χ1) is 11.5. The molecule has 0 aliphatic carbocycles. The minimum absolute atomic E-state index is 0.263. The van der Waals surface area contributed by atoms with E-state index in [0.717, 1.165) is 11.3 Å². The largest absolute Gasteiger partial charge is 0.480 e. The monoisotopic (exact) mass is 329 g/mol. The summed E-state index contributed by atoms with van der Waals surface area (Å²) >= 11 is 0. The quantitative estimate of drug-likeness (QED) is 0.919. The molecular weight excluding hydrogens is 310 g/mol. The molecule has 2 atom stereocenters. The Bertz CT molecular complexity index is 771. The van der Waals surface area contributed by atoms with Gasteiger partial charge >= 0.3 is 5.97 Å².